The average molecular weight is 329 g/mol. The molecule has 7 nitrogen and oxygen atoms in total. The van der Waals surface area contributed by atoms with Gasteiger partial charge in [-0.2, -0.15) is 13.1 Å². The van der Waals surface area contributed by atoms with Crippen molar-refractivity contribution in [1.82, 2.24) is 15.6 Å². The molecule has 8 heteroatoms. The first-order valence-electron chi connectivity index (χ1n) is 8.24. The van der Waals surface area contributed by atoms with Crippen LogP contribution in [0.3, 0.4) is 0 Å². The molecule has 0 spiro atoms. The van der Waals surface area contributed by atoms with E-state index in [1.54, 1.807) is 0 Å². The van der Waals surface area contributed by atoms with Crippen molar-refractivity contribution in [2.24, 2.45) is 29.6 Å². The van der Waals surface area contributed by atoms with Crippen molar-refractivity contribution < 1.29 is 17.8 Å². The zero-order valence-electron chi connectivity index (χ0n) is 12.4. The Morgan fingerprint density at radius 1 is 1.09 bits per heavy atom. The van der Waals surface area contributed by atoms with Crippen molar-refractivity contribution in [2.45, 2.75) is 50.6 Å². The molecule has 4 aliphatic rings. The molecule has 4 N–H and O–H groups in total. The van der Waals surface area contributed by atoms with Gasteiger partial charge in [-0.3, -0.25) is 14.8 Å². The highest BCUT2D eigenvalue weighted by Gasteiger charge is 2.58. The Bertz CT molecular complexity index is 581. The van der Waals surface area contributed by atoms with Gasteiger partial charge in [0.15, 0.2) is 0 Å². The summed E-state index contributed by atoms with van der Waals surface area (Å²) in [4.78, 5) is 12.1. The van der Waals surface area contributed by atoms with E-state index in [0.29, 0.717) is 23.7 Å². The molecule has 22 heavy (non-hydrogen) atoms. The molecule has 1 aliphatic heterocycles. The van der Waals surface area contributed by atoms with Gasteiger partial charge in [0.2, 0.25) is 5.91 Å². The summed E-state index contributed by atoms with van der Waals surface area (Å²) < 4.78 is 33.5. The van der Waals surface area contributed by atoms with Crippen LogP contribution in [0, 0.1) is 29.6 Å². The predicted molar refractivity (Wildman–Crippen MR) is 78.7 cm³/mol. The van der Waals surface area contributed by atoms with E-state index in [4.69, 9.17) is 4.55 Å². The summed E-state index contributed by atoms with van der Waals surface area (Å²) in [5.74, 6) is 2.14. The minimum absolute atomic E-state index is 0.114. The number of amides is 1. The smallest absolute Gasteiger partial charge is 0.291 e. The Morgan fingerprint density at radius 2 is 1.91 bits per heavy atom. The fourth-order valence-corrected chi connectivity index (χ4v) is 6.44. The molecule has 3 aliphatic carbocycles. The number of carbonyl (C=O) groups excluding carboxylic acids is 1. The molecule has 7 unspecified atom stereocenters. The summed E-state index contributed by atoms with van der Waals surface area (Å²) in [5.41, 5.74) is 6.03. The summed E-state index contributed by atoms with van der Waals surface area (Å²) >= 11 is 0. The van der Waals surface area contributed by atoms with Gasteiger partial charge in [0.1, 0.15) is 0 Å². The number of carbonyl (C=O) groups is 1. The Hall–Kier alpha value is -0.700. The lowest BCUT2D eigenvalue weighted by Gasteiger charge is -2.41. The van der Waals surface area contributed by atoms with E-state index in [1.807, 2.05) is 0 Å². The van der Waals surface area contributed by atoms with E-state index in [-0.39, 0.29) is 23.9 Å². The number of hydrogen-bond acceptors (Lipinski definition) is 4. The minimum atomic E-state index is -4.15. The van der Waals surface area contributed by atoms with Crippen molar-refractivity contribution >= 4 is 16.2 Å². The standard InChI is InChI=1S/C14H23N3O4S/c18-14-10-3-1-2-9-8-5-4-7(17-22(19,20)21)6-11(8)13(12(9)10)15-16-14/h7-13,15,17H,1-6H2,(H,16,18)(H,19,20,21). The Balaban J connectivity index is 1.57. The van der Waals surface area contributed by atoms with Gasteiger partial charge in [-0.15, -0.1) is 0 Å². The number of hydrazine groups is 1. The Kier molecular flexibility index (Phi) is 3.48. The first kappa shape index (κ1) is 14.9. The van der Waals surface area contributed by atoms with Gasteiger partial charge in [0, 0.05) is 18.0 Å². The number of fused-ring (bicyclic) bond motifs is 3. The fraction of sp³-hybridized carbons (Fsp3) is 0.929. The second-order valence-corrected chi connectivity index (χ2v) is 8.55. The number of hydrogen-bond donors (Lipinski definition) is 4. The zero-order valence-corrected chi connectivity index (χ0v) is 13.2. The predicted octanol–water partition coefficient (Wildman–Crippen LogP) is 0.213. The van der Waals surface area contributed by atoms with Crippen LogP contribution in [0.5, 0.6) is 0 Å². The molecule has 4 fully saturated rings. The summed E-state index contributed by atoms with van der Waals surface area (Å²) in [6.07, 6.45) is 5.74. The normalized spacial score (nSPS) is 47.5. The third-order valence-electron chi connectivity index (χ3n) is 6.41. The van der Waals surface area contributed by atoms with Crippen LogP contribution in [0.25, 0.3) is 0 Å². The first-order chi connectivity index (χ1) is 10.4. The van der Waals surface area contributed by atoms with Gasteiger partial charge >= 0.3 is 10.3 Å². The van der Waals surface area contributed by atoms with Gasteiger partial charge in [-0.1, -0.05) is 6.42 Å². The van der Waals surface area contributed by atoms with Crippen molar-refractivity contribution in [3.63, 3.8) is 0 Å². The van der Waals surface area contributed by atoms with E-state index in [1.165, 1.54) is 6.42 Å². The van der Waals surface area contributed by atoms with Crippen molar-refractivity contribution in [2.75, 3.05) is 0 Å². The highest BCUT2D eigenvalue weighted by atomic mass is 32.2. The quantitative estimate of drug-likeness (QED) is 0.542. The third kappa shape index (κ3) is 2.36. The van der Waals surface area contributed by atoms with Gasteiger partial charge < -0.3 is 0 Å². The average Bonchev–Trinajstić information content (AvgIpc) is 2.76. The fourth-order valence-electron chi connectivity index (χ4n) is 5.81. The molecule has 1 amide bonds. The SMILES string of the molecule is O=C1NNC2C3CC(NS(=O)(=O)O)CCC3C3CCCC1C32. The van der Waals surface area contributed by atoms with E-state index >= 15 is 0 Å². The van der Waals surface area contributed by atoms with Crippen LogP contribution in [0.4, 0.5) is 0 Å². The second kappa shape index (κ2) is 5.15. The van der Waals surface area contributed by atoms with Crippen molar-refractivity contribution in [1.29, 1.82) is 0 Å². The minimum Gasteiger partial charge on any atom is -0.291 e. The lowest BCUT2D eigenvalue weighted by atomic mass is 9.68. The summed E-state index contributed by atoms with van der Waals surface area (Å²) in [6, 6.07) is 0.0401. The van der Waals surface area contributed by atoms with Crippen LogP contribution in [0.1, 0.15) is 38.5 Å². The first-order valence-corrected chi connectivity index (χ1v) is 9.68. The maximum absolute atomic E-state index is 12.1. The van der Waals surface area contributed by atoms with E-state index in [9.17, 15) is 13.2 Å². The molecule has 7 atom stereocenters. The maximum atomic E-state index is 12.1. The molecule has 0 aromatic carbocycles. The Labute approximate surface area is 130 Å². The lowest BCUT2D eigenvalue weighted by molar-refractivity contribution is -0.134. The zero-order chi connectivity index (χ0) is 15.5. The molecule has 0 radical (unpaired) electrons. The second-order valence-electron chi connectivity index (χ2n) is 7.37. The van der Waals surface area contributed by atoms with Crippen LogP contribution in [-0.2, 0) is 15.1 Å². The molecular weight excluding hydrogens is 306 g/mol. The monoisotopic (exact) mass is 329 g/mol. The van der Waals surface area contributed by atoms with Crippen LogP contribution in [0.15, 0.2) is 0 Å². The van der Waals surface area contributed by atoms with Crippen LogP contribution in [0.2, 0.25) is 0 Å². The van der Waals surface area contributed by atoms with Crippen LogP contribution in [-0.4, -0.2) is 31.0 Å². The molecule has 0 bridgehead atoms. The van der Waals surface area contributed by atoms with Gasteiger partial charge in [0.05, 0.1) is 0 Å². The third-order valence-corrected chi connectivity index (χ3v) is 7.04. The molecule has 0 aromatic rings. The molecule has 1 heterocycles. The highest BCUT2D eigenvalue weighted by Crippen LogP contribution is 2.56. The molecule has 3 saturated carbocycles. The largest absolute Gasteiger partial charge is 0.333 e. The van der Waals surface area contributed by atoms with Crippen LogP contribution < -0.4 is 15.6 Å². The van der Waals surface area contributed by atoms with E-state index < -0.39 is 10.3 Å². The molecule has 0 aromatic heterocycles. The van der Waals surface area contributed by atoms with Crippen molar-refractivity contribution in [3.8, 4) is 0 Å². The van der Waals surface area contributed by atoms with Gasteiger partial charge in [-0.05, 0) is 55.8 Å². The summed E-state index contributed by atoms with van der Waals surface area (Å²) in [5, 5.41) is 0. The van der Waals surface area contributed by atoms with Gasteiger partial charge in [0.25, 0.3) is 0 Å². The van der Waals surface area contributed by atoms with E-state index in [0.717, 1.165) is 32.1 Å². The van der Waals surface area contributed by atoms with Crippen molar-refractivity contribution in [3.05, 3.63) is 0 Å². The summed E-state index contributed by atoms with van der Waals surface area (Å²) in [7, 11) is -4.15. The summed E-state index contributed by atoms with van der Waals surface area (Å²) in [6.45, 7) is 0. The lowest BCUT2D eigenvalue weighted by Crippen LogP contribution is -2.60. The number of rotatable bonds is 2. The highest BCUT2D eigenvalue weighted by molar-refractivity contribution is 7.83. The molecule has 4 rings (SSSR count). The molecular formula is C14H23N3O4S. The van der Waals surface area contributed by atoms with Crippen LogP contribution >= 0.6 is 0 Å². The maximum Gasteiger partial charge on any atom is 0.333 e. The van der Waals surface area contributed by atoms with Gasteiger partial charge in [-0.25, -0.2) is 5.43 Å². The number of nitrogens with one attached hydrogen (secondary N) is 3. The Morgan fingerprint density at radius 3 is 2.68 bits per heavy atom. The molecule has 1 saturated heterocycles. The molecule has 124 valence electrons. The topological polar surface area (TPSA) is 108 Å². The van der Waals surface area contributed by atoms with E-state index in [2.05, 4.69) is 15.6 Å².